The molecule has 1 fully saturated rings. The minimum absolute atomic E-state index is 0.224. The Morgan fingerprint density at radius 2 is 2.10 bits per heavy atom. The van der Waals surface area contributed by atoms with Gasteiger partial charge in [-0.2, -0.15) is 0 Å². The molecule has 1 aliphatic heterocycles. The zero-order valence-electron chi connectivity index (χ0n) is 13.1. The highest BCUT2D eigenvalue weighted by molar-refractivity contribution is 5.98. The Hall–Kier alpha value is -1.75. The van der Waals surface area contributed by atoms with Crippen LogP contribution in [0.25, 0.3) is 0 Å². The lowest BCUT2D eigenvalue weighted by molar-refractivity contribution is 0.0601. The largest absolute Gasteiger partial charge is 0.465 e. The smallest absolute Gasteiger partial charge is 0.340 e. The number of hydrogen-bond donors (Lipinski definition) is 2. The van der Waals surface area contributed by atoms with Gasteiger partial charge in [0, 0.05) is 6.54 Å². The second-order valence-corrected chi connectivity index (χ2v) is 6.23. The standard InChI is InChI=1S/C16H25N3O2/c1-16(7-9-19(2)10-8-16)11-18-14-12(15(20)21-3)5-4-6-13(14)17/h4-6,18H,7-11,17H2,1-3H3. The molecule has 0 radical (unpaired) electrons. The van der Waals surface area contributed by atoms with Crippen molar-refractivity contribution in [3.8, 4) is 0 Å². The third-order valence-corrected chi connectivity index (χ3v) is 4.39. The third kappa shape index (κ3) is 3.67. The molecule has 0 saturated carbocycles. The van der Waals surface area contributed by atoms with Crippen LogP contribution in [0.4, 0.5) is 11.4 Å². The van der Waals surface area contributed by atoms with Crippen LogP contribution in [0.2, 0.25) is 0 Å². The number of esters is 1. The Kier molecular flexibility index (Phi) is 4.73. The molecule has 3 N–H and O–H groups in total. The molecular weight excluding hydrogens is 266 g/mol. The van der Waals surface area contributed by atoms with E-state index in [0.29, 0.717) is 16.9 Å². The van der Waals surface area contributed by atoms with E-state index in [1.807, 2.05) is 0 Å². The number of carbonyl (C=O) groups excluding carboxylic acids is 1. The Labute approximate surface area is 126 Å². The van der Waals surface area contributed by atoms with E-state index in [4.69, 9.17) is 10.5 Å². The van der Waals surface area contributed by atoms with Crippen molar-refractivity contribution < 1.29 is 9.53 Å². The molecule has 1 saturated heterocycles. The van der Waals surface area contributed by atoms with Crippen LogP contribution in [0, 0.1) is 5.41 Å². The number of nitrogens with one attached hydrogen (secondary N) is 1. The number of nitrogen functional groups attached to an aromatic ring is 1. The molecule has 21 heavy (non-hydrogen) atoms. The average Bonchev–Trinajstić information content (AvgIpc) is 2.48. The number of benzene rings is 1. The van der Waals surface area contributed by atoms with Crippen molar-refractivity contribution in [1.29, 1.82) is 0 Å². The minimum Gasteiger partial charge on any atom is -0.465 e. The molecule has 1 aromatic rings. The summed E-state index contributed by atoms with van der Waals surface area (Å²) in [7, 11) is 3.53. The van der Waals surface area contributed by atoms with E-state index in [1.165, 1.54) is 7.11 Å². The molecule has 1 heterocycles. The molecule has 0 spiro atoms. The van der Waals surface area contributed by atoms with Gasteiger partial charge in [0.15, 0.2) is 0 Å². The molecule has 0 atom stereocenters. The lowest BCUT2D eigenvalue weighted by Crippen LogP contribution is -2.40. The number of ether oxygens (including phenoxy) is 1. The molecule has 2 rings (SSSR count). The van der Waals surface area contributed by atoms with Crippen LogP contribution >= 0.6 is 0 Å². The molecule has 116 valence electrons. The first-order valence-corrected chi connectivity index (χ1v) is 7.34. The number of nitrogens with zero attached hydrogens (tertiary/aromatic N) is 1. The summed E-state index contributed by atoms with van der Waals surface area (Å²) in [5.74, 6) is -0.363. The summed E-state index contributed by atoms with van der Waals surface area (Å²) in [4.78, 5) is 14.2. The molecule has 0 unspecified atom stereocenters. The monoisotopic (exact) mass is 291 g/mol. The summed E-state index contributed by atoms with van der Waals surface area (Å²) in [6.07, 6.45) is 2.27. The first-order chi connectivity index (χ1) is 9.95. The number of anilines is 2. The van der Waals surface area contributed by atoms with Gasteiger partial charge in [-0.15, -0.1) is 0 Å². The second-order valence-electron chi connectivity index (χ2n) is 6.23. The number of piperidine rings is 1. The predicted molar refractivity (Wildman–Crippen MR) is 85.5 cm³/mol. The Morgan fingerprint density at radius 1 is 1.43 bits per heavy atom. The normalized spacial score (nSPS) is 18.2. The number of rotatable bonds is 4. The van der Waals surface area contributed by atoms with Crippen molar-refractivity contribution in [3.05, 3.63) is 23.8 Å². The van der Waals surface area contributed by atoms with Gasteiger partial charge in [0.05, 0.1) is 24.0 Å². The van der Waals surface area contributed by atoms with E-state index in [9.17, 15) is 4.79 Å². The van der Waals surface area contributed by atoms with E-state index in [-0.39, 0.29) is 11.4 Å². The molecule has 0 aromatic heterocycles. The van der Waals surface area contributed by atoms with Gasteiger partial charge < -0.3 is 20.7 Å². The van der Waals surface area contributed by atoms with Gasteiger partial charge in [0.25, 0.3) is 0 Å². The van der Waals surface area contributed by atoms with Crippen molar-refractivity contribution in [2.45, 2.75) is 19.8 Å². The SMILES string of the molecule is COC(=O)c1cccc(N)c1NCC1(C)CCN(C)CC1. The van der Waals surface area contributed by atoms with E-state index >= 15 is 0 Å². The maximum atomic E-state index is 11.8. The number of likely N-dealkylation sites (tertiary alicyclic amines) is 1. The predicted octanol–water partition coefficient (Wildman–Crippen LogP) is 2.20. The lowest BCUT2D eigenvalue weighted by atomic mass is 9.80. The van der Waals surface area contributed by atoms with Gasteiger partial charge in [-0.05, 0) is 50.5 Å². The van der Waals surface area contributed by atoms with Crippen molar-refractivity contribution in [2.75, 3.05) is 44.8 Å². The van der Waals surface area contributed by atoms with Gasteiger partial charge in [-0.3, -0.25) is 0 Å². The molecule has 5 heteroatoms. The third-order valence-electron chi connectivity index (χ3n) is 4.39. The summed E-state index contributed by atoms with van der Waals surface area (Å²) in [5.41, 5.74) is 8.00. The molecule has 0 amide bonds. The first-order valence-electron chi connectivity index (χ1n) is 7.34. The maximum absolute atomic E-state index is 11.8. The zero-order chi connectivity index (χ0) is 15.5. The highest BCUT2D eigenvalue weighted by Crippen LogP contribution is 2.32. The zero-order valence-corrected chi connectivity index (χ0v) is 13.1. The number of methoxy groups -OCH3 is 1. The Bertz CT molecular complexity index is 508. The molecule has 1 aliphatic rings. The van der Waals surface area contributed by atoms with Crippen LogP contribution in [-0.4, -0.2) is 44.7 Å². The van der Waals surface area contributed by atoms with Gasteiger partial charge in [0.1, 0.15) is 0 Å². The van der Waals surface area contributed by atoms with Crippen LogP contribution in [0.3, 0.4) is 0 Å². The first kappa shape index (κ1) is 15.6. The maximum Gasteiger partial charge on any atom is 0.340 e. The van der Waals surface area contributed by atoms with Crippen LogP contribution in [-0.2, 0) is 4.74 Å². The fourth-order valence-corrected chi connectivity index (χ4v) is 2.68. The number of hydrogen-bond acceptors (Lipinski definition) is 5. The van der Waals surface area contributed by atoms with Crippen LogP contribution < -0.4 is 11.1 Å². The van der Waals surface area contributed by atoms with Gasteiger partial charge in [-0.1, -0.05) is 13.0 Å². The Balaban J connectivity index is 2.11. The number of carbonyl (C=O) groups is 1. The Morgan fingerprint density at radius 3 is 2.71 bits per heavy atom. The number of nitrogens with two attached hydrogens (primary N) is 1. The molecule has 1 aromatic carbocycles. The van der Waals surface area contributed by atoms with Gasteiger partial charge >= 0.3 is 5.97 Å². The average molecular weight is 291 g/mol. The molecule has 5 nitrogen and oxygen atoms in total. The number of para-hydroxylation sites is 1. The van der Waals surface area contributed by atoms with Crippen molar-refractivity contribution in [2.24, 2.45) is 5.41 Å². The van der Waals surface area contributed by atoms with Gasteiger partial charge in [-0.25, -0.2) is 4.79 Å². The van der Waals surface area contributed by atoms with E-state index in [1.54, 1.807) is 18.2 Å². The molecule has 0 aliphatic carbocycles. The highest BCUT2D eigenvalue weighted by Gasteiger charge is 2.29. The minimum atomic E-state index is -0.363. The van der Waals surface area contributed by atoms with E-state index in [0.717, 1.165) is 32.5 Å². The fraction of sp³-hybridized carbons (Fsp3) is 0.562. The summed E-state index contributed by atoms with van der Waals surface area (Å²) in [6, 6.07) is 5.30. The summed E-state index contributed by atoms with van der Waals surface area (Å²) in [5, 5.41) is 3.38. The lowest BCUT2D eigenvalue weighted by Gasteiger charge is -2.38. The fourth-order valence-electron chi connectivity index (χ4n) is 2.68. The van der Waals surface area contributed by atoms with Crippen molar-refractivity contribution >= 4 is 17.3 Å². The topological polar surface area (TPSA) is 67.6 Å². The summed E-state index contributed by atoms with van der Waals surface area (Å²) < 4.78 is 4.82. The summed E-state index contributed by atoms with van der Waals surface area (Å²) in [6.45, 7) is 5.29. The van der Waals surface area contributed by atoms with Crippen LogP contribution in [0.15, 0.2) is 18.2 Å². The molecule has 0 bridgehead atoms. The van der Waals surface area contributed by atoms with E-state index in [2.05, 4.69) is 24.2 Å². The quantitative estimate of drug-likeness (QED) is 0.657. The molecular formula is C16H25N3O2. The van der Waals surface area contributed by atoms with Crippen LogP contribution in [0.1, 0.15) is 30.1 Å². The highest BCUT2D eigenvalue weighted by atomic mass is 16.5. The van der Waals surface area contributed by atoms with Crippen molar-refractivity contribution in [1.82, 2.24) is 4.90 Å². The van der Waals surface area contributed by atoms with Crippen LogP contribution in [0.5, 0.6) is 0 Å². The van der Waals surface area contributed by atoms with E-state index < -0.39 is 0 Å². The second kappa shape index (κ2) is 6.35. The van der Waals surface area contributed by atoms with Crippen molar-refractivity contribution in [3.63, 3.8) is 0 Å². The van der Waals surface area contributed by atoms with Gasteiger partial charge in [0.2, 0.25) is 0 Å². The summed E-state index contributed by atoms with van der Waals surface area (Å²) >= 11 is 0.